The van der Waals surface area contributed by atoms with Crippen molar-refractivity contribution in [2.75, 3.05) is 33.9 Å². The summed E-state index contributed by atoms with van der Waals surface area (Å²) in [6, 6.07) is 8.34. The molecule has 0 bridgehead atoms. The lowest BCUT2D eigenvalue weighted by molar-refractivity contribution is -0.0855. The summed E-state index contributed by atoms with van der Waals surface area (Å²) in [5.74, 6) is 0.774. The van der Waals surface area contributed by atoms with E-state index in [-0.39, 0.29) is 35.6 Å². The monoisotopic (exact) mass is 511 g/mol. The summed E-state index contributed by atoms with van der Waals surface area (Å²) in [6.07, 6.45) is 1.79. The zero-order valence-corrected chi connectivity index (χ0v) is 18.4. The van der Waals surface area contributed by atoms with Gasteiger partial charge in [0, 0.05) is 51.2 Å². The number of methoxy groups -OCH3 is 1. The van der Waals surface area contributed by atoms with Crippen LogP contribution in [0.2, 0.25) is 0 Å². The molecule has 7 heteroatoms. The van der Waals surface area contributed by atoms with Gasteiger partial charge in [0.25, 0.3) is 0 Å². The fourth-order valence-corrected chi connectivity index (χ4v) is 3.37. The minimum Gasteiger partial charge on any atom is -0.381 e. The largest absolute Gasteiger partial charge is 0.381 e. The predicted molar refractivity (Wildman–Crippen MR) is 112 cm³/mol. The Morgan fingerprint density at radius 1 is 1.38 bits per heavy atom. The summed E-state index contributed by atoms with van der Waals surface area (Å²) in [4.78, 5) is 4.33. The fraction of sp³-hybridized carbons (Fsp3) is 0.588. The standard InChI is InChI=1S/C17H26BrN3O2.HI/c1-13(14-6-4-5-7-15(14)18)21-16(19-2)20-12-17(22-3)8-10-23-11-9-17;/h4-7,13H,8-12H2,1-3H3,(H2,19,20,21);1H. The van der Waals surface area contributed by atoms with Gasteiger partial charge in [0.1, 0.15) is 0 Å². The fourth-order valence-electron chi connectivity index (χ4n) is 2.75. The summed E-state index contributed by atoms with van der Waals surface area (Å²) in [5, 5.41) is 6.82. The maximum absolute atomic E-state index is 5.75. The molecule has 0 amide bonds. The molecule has 24 heavy (non-hydrogen) atoms. The number of hydrogen-bond acceptors (Lipinski definition) is 3. The van der Waals surface area contributed by atoms with Crippen LogP contribution in [-0.4, -0.2) is 45.5 Å². The van der Waals surface area contributed by atoms with Crippen molar-refractivity contribution in [1.82, 2.24) is 10.6 Å². The molecule has 5 nitrogen and oxygen atoms in total. The number of hydrogen-bond donors (Lipinski definition) is 2. The van der Waals surface area contributed by atoms with Gasteiger partial charge in [0.05, 0.1) is 11.6 Å². The van der Waals surface area contributed by atoms with Gasteiger partial charge in [-0.25, -0.2) is 0 Å². The molecular formula is C17H27BrIN3O2. The SMILES string of the molecule is CN=C(NCC1(OC)CCOCC1)NC(C)c1ccccc1Br.I. The highest BCUT2D eigenvalue weighted by atomic mass is 127. The Morgan fingerprint density at radius 2 is 2.04 bits per heavy atom. The van der Waals surface area contributed by atoms with Gasteiger partial charge in [0.15, 0.2) is 5.96 Å². The molecule has 0 spiro atoms. The number of rotatable bonds is 5. The molecule has 0 aromatic heterocycles. The predicted octanol–water partition coefficient (Wildman–Crippen LogP) is 3.49. The van der Waals surface area contributed by atoms with Crippen LogP contribution in [0.5, 0.6) is 0 Å². The first-order valence-corrected chi connectivity index (χ1v) is 8.74. The summed E-state index contributed by atoms with van der Waals surface area (Å²) in [7, 11) is 3.55. The van der Waals surface area contributed by atoms with E-state index < -0.39 is 0 Å². The van der Waals surface area contributed by atoms with E-state index in [4.69, 9.17) is 9.47 Å². The van der Waals surface area contributed by atoms with Crippen molar-refractivity contribution in [2.24, 2.45) is 4.99 Å². The minimum atomic E-state index is -0.174. The second-order valence-electron chi connectivity index (χ2n) is 5.81. The van der Waals surface area contributed by atoms with Crippen LogP contribution in [0, 0.1) is 0 Å². The number of ether oxygens (including phenoxy) is 2. The molecule has 0 aliphatic carbocycles. The highest BCUT2D eigenvalue weighted by Crippen LogP contribution is 2.24. The van der Waals surface area contributed by atoms with Crippen molar-refractivity contribution in [3.63, 3.8) is 0 Å². The molecule has 1 fully saturated rings. The lowest BCUT2D eigenvalue weighted by atomic mass is 9.94. The summed E-state index contributed by atoms with van der Waals surface area (Å²) < 4.78 is 12.3. The Labute approximate surface area is 170 Å². The normalized spacial score (nSPS) is 18.4. The molecule has 1 unspecified atom stereocenters. The first-order valence-electron chi connectivity index (χ1n) is 7.95. The molecule has 1 saturated heterocycles. The van der Waals surface area contributed by atoms with E-state index in [1.54, 1.807) is 14.2 Å². The number of halogens is 2. The van der Waals surface area contributed by atoms with Crippen molar-refractivity contribution in [3.8, 4) is 0 Å². The third-order valence-corrected chi connectivity index (χ3v) is 5.09. The van der Waals surface area contributed by atoms with Gasteiger partial charge in [-0.3, -0.25) is 4.99 Å². The first kappa shape index (κ1) is 21.7. The molecule has 1 aliphatic heterocycles. The van der Waals surface area contributed by atoms with Gasteiger partial charge in [-0.15, -0.1) is 24.0 Å². The Kier molecular flexibility index (Phi) is 9.54. The van der Waals surface area contributed by atoms with Crippen LogP contribution in [-0.2, 0) is 9.47 Å². The summed E-state index contributed by atoms with van der Waals surface area (Å²) in [6.45, 7) is 4.33. The maximum Gasteiger partial charge on any atom is 0.191 e. The molecule has 1 aliphatic rings. The molecule has 2 rings (SSSR count). The number of aliphatic imine (C=N–C) groups is 1. The first-order chi connectivity index (χ1) is 11.1. The summed E-state index contributed by atoms with van der Waals surface area (Å²) in [5.41, 5.74) is 1.02. The van der Waals surface area contributed by atoms with E-state index in [2.05, 4.69) is 44.5 Å². The van der Waals surface area contributed by atoms with Crippen LogP contribution in [0.25, 0.3) is 0 Å². The highest BCUT2D eigenvalue weighted by Gasteiger charge is 2.32. The Hall–Kier alpha value is -0.380. The number of benzene rings is 1. The zero-order valence-electron chi connectivity index (χ0n) is 14.5. The molecule has 2 N–H and O–H groups in total. The second-order valence-corrected chi connectivity index (χ2v) is 6.67. The smallest absolute Gasteiger partial charge is 0.191 e. The van der Waals surface area contributed by atoms with E-state index in [1.165, 1.54) is 5.56 Å². The van der Waals surface area contributed by atoms with Gasteiger partial charge in [-0.2, -0.15) is 0 Å². The third kappa shape index (κ3) is 5.86. The number of nitrogens with one attached hydrogen (secondary N) is 2. The van der Waals surface area contributed by atoms with Crippen molar-refractivity contribution < 1.29 is 9.47 Å². The lowest BCUT2D eigenvalue weighted by Crippen LogP contribution is -2.51. The van der Waals surface area contributed by atoms with Crippen LogP contribution in [0.1, 0.15) is 31.4 Å². The topological polar surface area (TPSA) is 54.9 Å². The highest BCUT2D eigenvalue weighted by molar-refractivity contribution is 14.0. The van der Waals surface area contributed by atoms with Crippen LogP contribution < -0.4 is 10.6 Å². The van der Waals surface area contributed by atoms with Crippen LogP contribution in [0.4, 0.5) is 0 Å². The van der Waals surface area contributed by atoms with E-state index in [0.29, 0.717) is 0 Å². The molecule has 1 heterocycles. The van der Waals surface area contributed by atoms with Gasteiger partial charge >= 0.3 is 0 Å². The van der Waals surface area contributed by atoms with Crippen molar-refractivity contribution in [3.05, 3.63) is 34.3 Å². The van der Waals surface area contributed by atoms with Gasteiger partial charge in [0.2, 0.25) is 0 Å². The second kappa shape index (κ2) is 10.6. The van der Waals surface area contributed by atoms with E-state index in [0.717, 1.165) is 43.0 Å². The van der Waals surface area contributed by atoms with E-state index >= 15 is 0 Å². The molecule has 136 valence electrons. The van der Waals surface area contributed by atoms with Crippen LogP contribution in [0.3, 0.4) is 0 Å². The van der Waals surface area contributed by atoms with Crippen LogP contribution >= 0.6 is 39.9 Å². The average Bonchev–Trinajstić information content (AvgIpc) is 2.59. The van der Waals surface area contributed by atoms with Crippen molar-refractivity contribution in [2.45, 2.75) is 31.4 Å². The molecule has 1 aromatic carbocycles. The van der Waals surface area contributed by atoms with Gasteiger partial charge < -0.3 is 20.1 Å². The van der Waals surface area contributed by atoms with E-state index in [1.807, 2.05) is 18.2 Å². The maximum atomic E-state index is 5.75. The summed E-state index contributed by atoms with van der Waals surface area (Å²) >= 11 is 3.60. The van der Waals surface area contributed by atoms with E-state index in [9.17, 15) is 0 Å². The van der Waals surface area contributed by atoms with Crippen molar-refractivity contribution in [1.29, 1.82) is 0 Å². The Morgan fingerprint density at radius 3 is 2.62 bits per heavy atom. The Balaban J connectivity index is 0.00000288. The Bertz CT molecular complexity index is 536. The van der Waals surface area contributed by atoms with Gasteiger partial charge in [-0.1, -0.05) is 34.1 Å². The zero-order chi connectivity index (χ0) is 16.7. The molecule has 1 aromatic rings. The molecule has 0 saturated carbocycles. The third-order valence-electron chi connectivity index (χ3n) is 4.36. The molecule has 1 atom stereocenters. The molecule has 0 radical (unpaired) electrons. The van der Waals surface area contributed by atoms with Crippen LogP contribution in [0.15, 0.2) is 33.7 Å². The lowest BCUT2D eigenvalue weighted by Gasteiger charge is -2.36. The number of nitrogens with zero attached hydrogens (tertiary/aromatic N) is 1. The van der Waals surface area contributed by atoms with Gasteiger partial charge in [-0.05, 0) is 18.6 Å². The average molecular weight is 512 g/mol. The number of guanidine groups is 1. The van der Waals surface area contributed by atoms with Crippen molar-refractivity contribution >= 4 is 45.9 Å². The minimum absolute atomic E-state index is 0. The molecular weight excluding hydrogens is 485 g/mol. The quantitative estimate of drug-likeness (QED) is 0.361.